The molecule has 0 fully saturated rings. The summed E-state index contributed by atoms with van der Waals surface area (Å²) in [6.07, 6.45) is 33.3. The Hall–Kier alpha value is -2.29. The molecular formula is C46H83N2O11PS. The number of allylic oxidation sites excluding steroid dienone is 7. The average molecular weight is 903 g/mol. The molecule has 0 aromatic carbocycles. The van der Waals surface area contributed by atoms with Crippen molar-refractivity contribution < 1.29 is 57.1 Å². The van der Waals surface area contributed by atoms with Crippen LogP contribution in [-0.2, 0) is 37.5 Å². The maximum Gasteiger partial charge on any atom is 0.324 e. The van der Waals surface area contributed by atoms with Gasteiger partial charge in [0.15, 0.2) is 6.10 Å². The van der Waals surface area contributed by atoms with Crippen molar-refractivity contribution >= 4 is 37.5 Å². The number of nitrogens with zero attached hydrogens (tertiary/aromatic N) is 1. The van der Waals surface area contributed by atoms with Gasteiger partial charge < -0.3 is 43.8 Å². The molecule has 0 saturated carbocycles. The number of rotatable bonds is 41. The molecule has 61 heavy (non-hydrogen) atoms. The van der Waals surface area contributed by atoms with Crippen LogP contribution in [0.25, 0.3) is 0 Å². The van der Waals surface area contributed by atoms with Gasteiger partial charge in [-0.1, -0.05) is 146 Å². The maximum absolute atomic E-state index is 13.2. The van der Waals surface area contributed by atoms with Gasteiger partial charge in [-0.2, -0.15) is 0 Å². The number of hydrogen-bond donors (Lipinski definition) is 3. The van der Waals surface area contributed by atoms with E-state index < -0.39 is 62.4 Å². The summed E-state index contributed by atoms with van der Waals surface area (Å²) in [6.45, 7) is 3.60. The minimum absolute atomic E-state index is 0.0125. The van der Waals surface area contributed by atoms with Crippen LogP contribution < -0.4 is 10.6 Å². The zero-order valence-electron chi connectivity index (χ0n) is 38.3. The molecular weight excluding hydrogens is 820 g/mol. The van der Waals surface area contributed by atoms with Crippen LogP contribution in [0.4, 0.5) is 0 Å². The first-order chi connectivity index (χ1) is 29.1. The Morgan fingerprint density at radius 3 is 2.00 bits per heavy atom. The molecule has 0 rings (SSSR count). The van der Waals surface area contributed by atoms with Gasteiger partial charge in [-0.25, -0.2) is 0 Å². The SMILES string of the molecule is CCCCC/C=C\C\C=C/C=C/C=C/[C@@H](SC[C@H](N)C(=O)O[C@H](COC(=O)CCCCCCCCCCCCCC)COP(=O)([O-])OCC[N+](C)(C)C)[C@@H](O)CCCC(=O)O. The smallest absolute Gasteiger partial charge is 0.324 e. The van der Waals surface area contributed by atoms with E-state index in [0.29, 0.717) is 17.4 Å². The Balaban J connectivity index is 5.33. The van der Waals surface area contributed by atoms with Crippen molar-refractivity contribution in [2.45, 2.75) is 172 Å². The summed E-state index contributed by atoms with van der Waals surface area (Å²) in [5, 5.41) is 19.5. The molecule has 0 bridgehead atoms. The summed E-state index contributed by atoms with van der Waals surface area (Å²) in [7, 11) is 0.864. The van der Waals surface area contributed by atoms with Crippen LogP contribution in [0.3, 0.4) is 0 Å². The van der Waals surface area contributed by atoms with Gasteiger partial charge >= 0.3 is 17.9 Å². The number of carbonyl (C=O) groups is 3. The summed E-state index contributed by atoms with van der Waals surface area (Å²) in [5.74, 6) is -2.32. The number of aliphatic hydroxyl groups excluding tert-OH is 1. The monoisotopic (exact) mass is 903 g/mol. The highest BCUT2D eigenvalue weighted by Crippen LogP contribution is 2.38. The summed E-state index contributed by atoms with van der Waals surface area (Å²) >= 11 is 1.20. The van der Waals surface area contributed by atoms with Gasteiger partial charge in [-0.3, -0.25) is 18.9 Å². The van der Waals surface area contributed by atoms with E-state index in [-0.39, 0.29) is 38.0 Å². The molecule has 0 aromatic rings. The highest BCUT2D eigenvalue weighted by atomic mass is 32.2. The molecule has 15 heteroatoms. The number of aliphatic hydroxyl groups is 1. The Bertz CT molecular complexity index is 1300. The number of aliphatic carboxylic acids is 1. The Morgan fingerprint density at radius 1 is 0.770 bits per heavy atom. The van der Waals surface area contributed by atoms with E-state index in [0.717, 1.165) is 32.1 Å². The fraction of sp³-hybridized carbons (Fsp3) is 0.761. The number of hydrogen-bond acceptors (Lipinski definition) is 12. The van der Waals surface area contributed by atoms with Crippen molar-refractivity contribution in [2.75, 3.05) is 53.3 Å². The van der Waals surface area contributed by atoms with Crippen LogP contribution in [-0.4, -0.2) is 109 Å². The van der Waals surface area contributed by atoms with Gasteiger partial charge in [0.1, 0.15) is 25.8 Å². The van der Waals surface area contributed by atoms with Crippen LogP contribution in [0, 0.1) is 0 Å². The number of esters is 2. The van der Waals surface area contributed by atoms with Crippen molar-refractivity contribution in [3.8, 4) is 0 Å². The lowest BCUT2D eigenvalue weighted by Gasteiger charge is -2.28. The molecule has 0 amide bonds. The Kier molecular flexibility index (Phi) is 36.8. The maximum atomic E-state index is 13.2. The predicted molar refractivity (Wildman–Crippen MR) is 246 cm³/mol. The Morgan fingerprint density at radius 2 is 1.38 bits per heavy atom. The molecule has 0 aliphatic rings. The zero-order chi connectivity index (χ0) is 45.6. The number of quaternary nitrogens is 1. The second-order valence-electron chi connectivity index (χ2n) is 16.6. The number of carboxylic acids is 1. The summed E-state index contributed by atoms with van der Waals surface area (Å²) < 4.78 is 33.9. The van der Waals surface area contributed by atoms with Crippen LogP contribution >= 0.6 is 19.6 Å². The summed E-state index contributed by atoms with van der Waals surface area (Å²) in [6, 6.07) is -1.19. The lowest BCUT2D eigenvalue weighted by atomic mass is 10.0. The average Bonchev–Trinajstić information content (AvgIpc) is 3.19. The molecule has 5 atom stereocenters. The third-order valence-electron chi connectivity index (χ3n) is 9.60. The highest BCUT2D eigenvalue weighted by molar-refractivity contribution is 8.00. The molecule has 0 aliphatic carbocycles. The van der Waals surface area contributed by atoms with Gasteiger partial charge in [0.25, 0.3) is 7.82 Å². The highest BCUT2D eigenvalue weighted by Gasteiger charge is 2.26. The minimum Gasteiger partial charge on any atom is -0.756 e. The van der Waals surface area contributed by atoms with Crippen LogP contribution in [0.5, 0.6) is 0 Å². The van der Waals surface area contributed by atoms with E-state index in [1.807, 2.05) is 45.4 Å². The molecule has 13 nitrogen and oxygen atoms in total. The number of thioether (sulfide) groups is 1. The van der Waals surface area contributed by atoms with E-state index in [2.05, 4.69) is 26.0 Å². The second-order valence-corrected chi connectivity index (χ2v) is 19.3. The Labute approximate surface area is 373 Å². The molecule has 1 unspecified atom stereocenters. The summed E-state index contributed by atoms with van der Waals surface area (Å²) in [5.41, 5.74) is 6.22. The minimum atomic E-state index is -4.78. The number of carbonyl (C=O) groups excluding carboxylic acids is 2. The normalized spacial score (nSPS) is 15.4. The molecule has 0 aliphatic heterocycles. The van der Waals surface area contributed by atoms with Crippen molar-refractivity contribution in [3.05, 3.63) is 48.6 Å². The topological polar surface area (TPSA) is 195 Å². The molecule has 0 spiro atoms. The number of phosphoric acid groups is 1. The first-order valence-corrected chi connectivity index (χ1v) is 25.3. The van der Waals surface area contributed by atoms with E-state index >= 15 is 0 Å². The summed E-state index contributed by atoms with van der Waals surface area (Å²) in [4.78, 5) is 49.4. The largest absolute Gasteiger partial charge is 0.756 e. The second kappa shape index (κ2) is 38.2. The van der Waals surface area contributed by atoms with Crippen molar-refractivity contribution in [1.82, 2.24) is 0 Å². The van der Waals surface area contributed by atoms with Crippen LogP contribution in [0.15, 0.2) is 48.6 Å². The predicted octanol–water partition coefficient (Wildman–Crippen LogP) is 8.98. The van der Waals surface area contributed by atoms with Gasteiger partial charge in [-0.05, 0) is 38.5 Å². The molecule has 354 valence electrons. The third-order valence-corrected chi connectivity index (χ3v) is 12.0. The van der Waals surface area contributed by atoms with Crippen molar-refractivity contribution in [1.29, 1.82) is 0 Å². The molecule has 0 heterocycles. The van der Waals surface area contributed by atoms with E-state index in [1.165, 1.54) is 82.4 Å². The first kappa shape index (κ1) is 58.7. The molecule has 0 saturated heterocycles. The molecule has 0 radical (unpaired) electrons. The number of likely N-dealkylation sites (N-methyl/N-ethyl adjacent to an activating group) is 1. The fourth-order valence-corrected chi connectivity index (χ4v) is 7.70. The van der Waals surface area contributed by atoms with Crippen LogP contribution in [0.1, 0.15) is 149 Å². The van der Waals surface area contributed by atoms with Crippen LogP contribution in [0.2, 0.25) is 0 Å². The van der Waals surface area contributed by atoms with Crippen molar-refractivity contribution in [3.63, 3.8) is 0 Å². The quantitative estimate of drug-likeness (QED) is 0.0132. The van der Waals surface area contributed by atoms with Gasteiger partial charge in [0, 0.05) is 23.8 Å². The molecule has 4 N–H and O–H groups in total. The molecule has 0 aromatic heterocycles. The number of ether oxygens (including phenoxy) is 2. The number of phosphoric ester groups is 1. The van der Waals surface area contributed by atoms with Gasteiger partial charge in [0.2, 0.25) is 0 Å². The number of nitrogens with two attached hydrogens (primary N) is 1. The van der Waals surface area contributed by atoms with Gasteiger partial charge in [0.05, 0.1) is 33.9 Å². The van der Waals surface area contributed by atoms with Crippen molar-refractivity contribution in [2.24, 2.45) is 5.73 Å². The van der Waals surface area contributed by atoms with E-state index in [4.69, 9.17) is 29.4 Å². The first-order valence-electron chi connectivity index (χ1n) is 22.8. The lowest BCUT2D eigenvalue weighted by Crippen LogP contribution is -2.40. The number of carboxylic acid groups (broad SMARTS) is 1. The van der Waals surface area contributed by atoms with E-state index in [1.54, 1.807) is 12.2 Å². The van der Waals surface area contributed by atoms with Gasteiger partial charge in [-0.15, -0.1) is 11.8 Å². The zero-order valence-corrected chi connectivity index (χ0v) is 40.0. The fourth-order valence-electron chi connectivity index (χ4n) is 5.84. The standard InChI is InChI=1S/C46H83N2O11PS/c1-6-8-10-12-14-16-18-20-22-24-26-28-32-43(42(49)31-30-33-44(50)51)61-39-41(47)46(53)59-40(38-58-60(54,55)57-36-35-48(3,4)5)37-56-45(52)34-29-27-25-23-21-19-17-15-13-11-9-7-2/h14,16,20,22,24,26,28,32,40-43,49H,6-13,15,17-19,21,23,25,27,29-31,33-39,47H2,1-5H3,(H-,50,51,54,55)/b16-14-,22-20-,26-24+,32-28+/t40-,41+,42+,43-/m1/s1. The lowest BCUT2D eigenvalue weighted by molar-refractivity contribution is -0.870. The third kappa shape index (κ3) is 39.1. The van der Waals surface area contributed by atoms with E-state index in [9.17, 15) is 28.9 Å². The number of unbranched alkanes of at least 4 members (excludes halogenated alkanes) is 14.